The van der Waals surface area contributed by atoms with E-state index in [2.05, 4.69) is 15.9 Å². The van der Waals surface area contributed by atoms with Gasteiger partial charge < -0.3 is 10.2 Å². The molecule has 0 radical (unpaired) electrons. The van der Waals surface area contributed by atoms with E-state index in [0.29, 0.717) is 16.0 Å². The normalized spacial score (nSPS) is 12.3. The van der Waals surface area contributed by atoms with Gasteiger partial charge in [-0.1, -0.05) is 22.0 Å². The summed E-state index contributed by atoms with van der Waals surface area (Å²) in [5.41, 5.74) is 5.63. The quantitative estimate of drug-likeness (QED) is 0.901. The first-order valence-electron chi connectivity index (χ1n) is 5.46. The number of hydrogen-bond acceptors (Lipinski definition) is 3. The second-order valence-corrected chi connectivity index (χ2v) is 5.85. The topological polar surface area (TPSA) is 56.2 Å². The lowest BCUT2D eigenvalue weighted by Gasteiger charge is -2.13. The van der Waals surface area contributed by atoms with Crippen LogP contribution in [0.5, 0.6) is 0 Å². The van der Waals surface area contributed by atoms with E-state index in [1.54, 1.807) is 30.5 Å². The Bertz CT molecular complexity index is 574. The Morgan fingerprint density at radius 2 is 2.26 bits per heavy atom. The average molecular weight is 344 g/mol. The van der Waals surface area contributed by atoms with Crippen molar-refractivity contribution in [2.45, 2.75) is 11.0 Å². The van der Waals surface area contributed by atoms with Crippen molar-refractivity contribution in [3.63, 3.8) is 0 Å². The summed E-state index contributed by atoms with van der Waals surface area (Å²) < 4.78 is 19.6. The Hall–Kier alpha value is -1.27. The molecule has 0 spiro atoms. The van der Waals surface area contributed by atoms with Gasteiger partial charge in [0.2, 0.25) is 5.91 Å². The fourth-order valence-corrected chi connectivity index (χ4v) is 2.96. The molecule has 2 rings (SSSR count). The largest absolute Gasteiger partial charge is 0.468 e. The number of benzene rings is 1. The Morgan fingerprint density at radius 3 is 2.84 bits per heavy atom. The van der Waals surface area contributed by atoms with Gasteiger partial charge in [-0.2, -0.15) is 0 Å². The van der Waals surface area contributed by atoms with Gasteiger partial charge in [-0.05, 0) is 24.3 Å². The highest BCUT2D eigenvalue weighted by Gasteiger charge is 2.22. The average Bonchev–Trinajstić information content (AvgIpc) is 2.84. The van der Waals surface area contributed by atoms with Crippen LogP contribution in [0.3, 0.4) is 0 Å². The highest BCUT2D eigenvalue weighted by atomic mass is 79.9. The standard InChI is InChI=1S/C13H11BrFNO2S/c14-8-3-4-10(11(15)6-8)12(13(16)17)19-7-9-2-1-5-18-9/h1-6,12H,7H2,(H2,16,17)/t12-/m0/s1. The van der Waals surface area contributed by atoms with Crippen molar-refractivity contribution >= 4 is 33.6 Å². The van der Waals surface area contributed by atoms with E-state index in [1.165, 1.54) is 17.8 Å². The van der Waals surface area contributed by atoms with Crippen LogP contribution in [0, 0.1) is 5.82 Å². The molecule has 0 saturated carbocycles. The van der Waals surface area contributed by atoms with Crippen LogP contribution in [-0.2, 0) is 10.5 Å². The minimum atomic E-state index is -0.738. The third kappa shape index (κ3) is 3.61. The molecule has 1 aromatic heterocycles. The van der Waals surface area contributed by atoms with Gasteiger partial charge in [-0.15, -0.1) is 11.8 Å². The van der Waals surface area contributed by atoms with Crippen molar-refractivity contribution in [3.8, 4) is 0 Å². The molecule has 1 heterocycles. The summed E-state index contributed by atoms with van der Waals surface area (Å²) in [4.78, 5) is 11.5. The number of hydrogen-bond donors (Lipinski definition) is 1. The second kappa shape index (κ2) is 6.25. The first kappa shape index (κ1) is 14.1. The third-order valence-electron chi connectivity index (χ3n) is 2.48. The zero-order chi connectivity index (χ0) is 13.8. The van der Waals surface area contributed by atoms with Crippen molar-refractivity contribution < 1.29 is 13.6 Å². The van der Waals surface area contributed by atoms with E-state index >= 15 is 0 Å². The van der Waals surface area contributed by atoms with E-state index < -0.39 is 17.0 Å². The third-order valence-corrected chi connectivity index (χ3v) is 4.24. The molecule has 0 saturated heterocycles. The second-order valence-electron chi connectivity index (χ2n) is 3.84. The Labute approximate surface area is 122 Å². The number of halogens is 2. The highest BCUT2D eigenvalue weighted by molar-refractivity contribution is 9.10. The molecule has 2 N–H and O–H groups in total. The Kier molecular flexibility index (Phi) is 4.66. The molecule has 6 heteroatoms. The lowest BCUT2D eigenvalue weighted by Crippen LogP contribution is -2.20. The monoisotopic (exact) mass is 343 g/mol. The SMILES string of the molecule is NC(=O)[C@@H](SCc1ccco1)c1ccc(Br)cc1F. The van der Waals surface area contributed by atoms with Crippen molar-refractivity contribution in [3.05, 3.63) is 58.2 Å². The van der Waals surface area contributed by atoms with Crippen molar-refractivity contribution in [2.24, 2.45) is 5.73 Å². The Morgan fingerprint density at radius 1 is 1.47 bits per heavy atom. The molecule has 1 amide bonds. The summed E-state index contributed by atoms with van der Waals surface area (Å²) in [6, 6.07) is 8.11. The number of nitrogens with two attached hydrogens (primary N) is 1. The summed E-state index contributed by atoms with van der Waals surface area (Å²) in [5.74, 6) is 0.146. The molecule has 19 heavy (non-hydrogen) atoms. The van der Waals surface area contributed by atoms with Crippen molar-refractivity contribution in [1.29, 1.82) is 0 Å². The van der Waals surface area contributed by atoms with Crippen LogP contribution >= 0.6 is 27.7 Å². The minimum absolute atomic E-state index is 0.284. The van der Waals surface area contributed by atoms with Crippen molar-refractivity contribution in [2.75, 3.05) is 0 Å². The number of primary amides is 1. The molecular weight excluding hydrogens is 333 g/mol. The fraction of sp³-hybridized carbons (Fsp3) is 0.154. The highest BCUT2D eigenvalue weighted by Crippen LogP contribution is 2.33. The van der Waals surface area contributed by atoms with Gasteiger partial charge in [0.1, 0.15) is 16.8 Å². The summed E-state index contributed by atoms with van der Waals surface area (Å²) in [7, 11) is 0. The maximum Gasteiger partial charge on any atom is 0.235 e. The Balaban J connectivity index is 2.17. The van der Waals surface area contributed by atoms with Crippen LogP contribution in [0.15, 0.2) is 45.5 Å². The van der Waals surface area contributed by atoms with Gasteiger partial charge >= 0.3 is 0 Å². The molecule has 100 valence electrons. The van der Waals surface area contributed by atoms with Gasteiger partial charge in [-0.3, -0.25) is 4.79 Å². The van der Waals surface area contributed by atoms with E-state index in [-0.39, 0.29) is 5.56 Å². The molecule has 0 aliphatic rings. The molecule has 0 aliphatic heterocycles. The zero-order valence-corrected chi connectivity index (χ0v) is 12.2. The molecule has 0 aliphatic carbocycles. The summed E-state index contributed by atoms with van der Waals surface area (Å²) >= 11 is 4.41. The van der Waals surface area contributed by atoms with Gasteiger partial charge in [0.15, 0.2) is 0 Å². The van der Waals surface area contributed by atoms with E-state index in [9.17, 15) is 9.18 Å². The van der Waals surface area contributed by atoms with Crippen LogP contribution in [0.25, 0.3) is 0 Å². The maximum absolute atomic E-state index is 13.9. The molecule has 1 aromatic carbocycles. The molecular formula is C13H11BrFNO2S. The number of carbonyl (C=O) groups excluding carboxylic acids is 1. The van der Waals surface area contributed by atoms with Crippen LogP contribution < -0.4 is 5.73 Å². The van der Waals surface area contributed by atoms with E-state index in [4.69, 9.17) is 10.2 Å². The molecule has 1 atom stereocenters. The number of carbonyl (C=O) groups is 1. The number of furan rings is 1. The number of thioether (sulfide) groups is 1. The lowest BCUT2D eigenvalue weighted by atomic mass is 10.1. The predicted molar refractivity (Wildman–Crippen MR) is 76.0 cm³/mol. The molecule has 0 fully saturated rings. The molecule has 3 nitrogen and oxygen atoms in total. The summed E-state index contributed by atoms with van der Waals surface area (Å²) in [6.07, 6.45) is 1.55. The van der Waals surface area contributed by atoms with Crippen LogP contribution in [-0.4, -0.2) is 5.91 Å². The smallest absolute Gasteiger partial charge is 0.235 e. The van der Waals surface area contributed by atoms with Gasteiger partial charge in [0, 0.05) is 10.0 Å². The zero-order valence-electron chi connectivity index (χ0n) is 9.81. The molecule has 0 unspecified atom stereocenters. The van der Waals surface area contributed by atoms with Crippen LogP contribution in [0.4, 0.5) is 4.39 Å². The molecule has 2 aromatic rings. The van der Waals surface area contributed by atoms with Crippen LogP contribution in [0.2, 0.25) is 0 Å². The van der Waals surface area contributed by atoms with Crippen molar-refractivity contribution in [1.82, 2.24) is 0 Å². The molecule has 0 bridgehead atoms. The van der Waals surface area contributed by atoms with Gasteiger partial charge in [0.05, 0.1) is 12.0 Å². The fourth-order valence-electron chi connectivity index (χ4n) is 1.60. The first-order valence-corrected chi connectivity index (χ1v) is 7.30. The predicted octanol–water partition coefficient (Wildman–Crippen LogP) is 3.64. The minimum Gasteiger partial charge on any atom is -0.468 e. The summed E-state index contributed by atoms with van der Waals surface area (Å²) in [5, 5.41) is -0.738. The maximum atomic E-state index is 13.9. The lowest BCUT2D eigenvalue weighted by molar-refractivity contribution is -0.117. The van der Waals surface area contributed by atoms with E-state index in [1.807, 2.05) is 0 Å². The number of rotatable bonds is 5. The summed E-state index contributed by atoms with van der Waals surface area (Å²) in [6.45, 7) is 0. The van der Waals surface area contributed by atoms with Gasteiger partial charge in [0.25, 0.3) is 0 Å². The first-order chi connectivity index (χ1) is 9.08. The van der Waals surface area contributed by atoms with E-state index in [0.717, 1.165) is 0 Å². The number of amides is 1. The van der Waals surface area contributed by atoms with Crippen LogP contribution in [0.1, 0.15) is 16.6 Å². The van der Waals surface area contributed by atoms with Gasteiger partial charge in [-0.25, -0.2) is 4.39 Å².